The Labute approximate surface area is 159 Å². The summed E-state index contributed by atoms with van der Waals surface area (Å²) in [5.74, 6) is 1.12. The summed E-state index contributed by atoms with van der Waals surface area (Å²) in [4.78, 5) is 28.2. The second-order valence-electron chi connectivity index (χ2n) is 5.98. The molecule has 0 radical (unpaired) electrons. The second-order valence-corrected chi connectivity index (χ2v) is 6.84. The summed E-state index contributed by atoms with van der Waals surface area (Å²) in [7, 11) is 0. The molecule has 3 aromatic rings. The predicted molar refractivity (Wildman–Crippen MR) is 103 cm³/mol. The van der Waals surface area contributed by atoms with Crippen LogP contribution >= 0.6 is 11.3 Å². The van der Waals surface area contributed by atoms with Crippen molar-refractivity contribution in [2.45, 2.75) is 6.92 Å². The molecule has 0 atom stereocenters. The lowest BCUT2D eigenvalue weighted by Crippen LogP contribution is -2.15. The van der Waals surface area contributed by atoms with Crippen molar-refractivity contribution in [1.82, 2.24) is 4.98 Å². The van der Waals surface area contributed by atoms with E-state index < -0.39 is 0 Å². The Morgan fingerprint density at radius 1 is 1.00 bits per heavy atom. The number of anilines is 1. The lowest BCUT2D eigenvalue weighted by molar-refractivity contribution is 0.100. The quantitative estimate of drug-likeness (QED) is 0.691. The Kier molecular flexibility index (Phi) is 4.60. The molecule has 2 heterocycles. The summed E-state index contributed by atoms with van der Waals surface area (Å²) < 4.78 is 11.1. The highest BCUT2D eigenvalue weighted by Gasteiger charge is 2.15. The van der Waals surface area contributed by atoms with Crippen molar-refractivity contribution in [3.63, 3.8) is 0 Å². The van der Waals surface area contributed by atoms with Gasteiger partial charge >= 0.3 is 0 Å². The van der Waals surface area contributed by atoms with Crippen molar-refractivity contribution >= 4 is 28.2 Å². The number of carbonyl (C=O) groups is 2. The molecule has 7 heteroatoms. The molecule has 1 amide bonds. The third-order valence-corrected chi connectivity index (χ3v) is 4.87. The van der Waals surface area contributed by atoms with Crippen molar-refractivity contribution in [3.8, 4) is 22.8 Å². The predicted octanol–water partition coefficient (Wildman–Crippen LogP) is 4.04. The van der Waals surface area contributed by atoms with Gasteiger partial charge in [0.2, 0.25) is 0 Å². The minimum absolute atomic E-state index is 0.0362. The third kappa shape index (κ3) is 3.68. The van der Waals surface area contributed by atoms with Crippen LogP contribution < -0.4 is 14.8 Å². The summed E-state index contributed by atoms with van der Waals surface area (Å²) in [6, 6.07) is 12.2. The molecule has 1 N–H and O–H groups in total. The highest BCUT2D eigenvalue weighted by Crippen LogP contribution is 2.35. The van der Waals surface area contributed by atoms with E-state index in [0.717, 1.165) is 17.0 Å². The zero-order valence-corrected chi connectivity index (χ0v) is 15.3. The highest BCUT2D eigenvalue weighted by atomic mass is 32.1. The number of Topliss-reactive ketones (excluding diaryl/α,β-unsaturated/α-hetero) is 1. The Bertz CT molecular complexity index is 1010. The van der Waals surface area contributed by atoms with E-state index in [1.54, 1.807) is 24.3 Å². The van der Waals surface area contributed by atoms with Crippen LogP contribution in [0.2, 0.25) is 0 Å². The molecule has 0 spiro atoms. The molecule has 136 valence electrons. The van der Waals surface area contributed by atoms with E-state index in [9.17, 15) is 9.59 Å². The van der Waals surface area contributed by atoms with E-state index in [2.05, 4.69) is 10.3 Å². The fourth-order valence-electron chi connectivity index (χ4n) is 2.69. The van der Waals surface area contributed by atoms with E-state index in [-0.39, 0.29) is 11.7 Å². The molecule has 6 nitrogen and oxygen atoms in total. The van der Waals surface area contributed by atoms with Crippen LogP contribution in [0.4, 0.5) is 5.13 Å². The van der Waals surface area contributed by atoms with Crippen LogP contribution in [0.1, 0.15) is 27.6 Å². The monoisotopic (exact) mass is 380 g/mol. The van der Waals surface area contributed by atoms with Crippen molar-refractivity contribution in [3.05, 3.63) is 59.0 Å². The Balaban J connectivity index is 1.49. The van der Waals surface area contributed by atoms with Gasteiger partial charge in [-0.1, -0.05) is 12.1 Å². The summed E-state index contributed by atoms with van der Waals surface area (Å²) >= 11 is 1.34. The number of rotatable bonds is 4. The Morgan fingerprint density at radius 3 is 2.44 bits per heavy atom. The Morgan fingerprint density at radius 2 is 1.70 bits per heavy atom. The highest BCUT2D eigenvalue weighted by molar-refractivity contribution is 7.14. The summed E-state index contributed by atoms with van der Waals surface area (Å²) in [5.41, 5.74) is 2.68. The molecule has 0 fully saturated rings. The number of nitrogens with one attached hydrogen (secondary N) is 1. The topological polar surface area (TPSA) is 77.5 Å². The molecule has 4 rings (SSSR count). The van der Waals surface area contributed by atoms with Crippen LogP contribution in [-0.2, 0) is 0 Å². The van der Waals surface area contributed by atoms with Gasteiger partial charge in [0.15, 0.2) is 22.4 Å². The molecule has 1 aliphatic rings. The zero-order chi connectivity index (χ0) is 18.8. The van der Waals surface area contributed by atoms with Crippen molar-refractivity contribution < 1.29 is 19.1 Å². The van der Waals surface area contributed by atoms with Gasteiger partial charge in [0, 0.05) is 22.1 Å². The molecule has 1 aromatic heterocycles. The van der Waals surface area contributed by atoms with Gasteiger partial charge in [-0.15, -0.1) is 11.3 Å². The smallest absolute Gasteiger partial charge is 0.257 e. The van der Waals surface area contributed by atoms with E-state index in [1.807, 2.05) is 23.6 Å². The van der Waals surface area contributed by atoms with Gasteiger partial charge in [-0.2, -0.15) is 0 Å². The lowest BCUT2D eigenvalue weighted by atomic mass is 10.1. The number of hydrogen-bond acceptors (Lipinski definition) is 6. The molecule has 0 aliphatic carbocycles. The number of ether oxygens (including phenoxy) is 2. The molecule has 27 heavy (non-hydrogen) atoms. The fourth-order valence-corrected chi connectivity index (χ4v) is 3.41. The third-order valence-electron chi connectivity index (χ3n) is 4.12. The van der Waals surface area contributed by atoms with Crippen molar-refractivity contribution in [2.75, 3.05) is 18.5 Å². The minimum atomic E-state index is -0.270. The van der Waals surface area contributed by atoms with Gasteiger partial charge < -0.3 is 9.47 Å². The number of hydrogen-bond donors (Lipinski definition) is 1. The molecular weight excluding hydrogens is 364 g/mol. The maximum absolute atomic E-state index is 12.4. The van der Waals surface area contributed by atoms with Gasteiger partial charge in [-0.3, -0.25) is 14.9 Å². The van der Waals surface area contributed by atoms with E-state index in [0.29, 0.717) is 35.2 Å². The second kappa shape index (κ2) is 7.20. The average Bonchev–Trinajstić information content (AvgIpc) is 3.16. The molecule has 0 saturated carbocycles. The van der Waals surface area contributed by atoms with Gasteiger partial charge in [0.1, 0.15) is 13.2 Å². The molecule has 2 aromatic carbocycles. The van der Waals surface area contributed by atoms with Gasteiger partial charge in [-0.25, -0.2) is 4.98 Å². The summed E-state index contributed by atoms with van der Waals surface area (Å²) in [5, 5.41) is 5.16. The number of benzene rings is 2. The minimum Gasteiger partial charge on any atom is -0.486 e. The van der Waals surface area contributed by atoms with Crippen LogP contribution in [0, 0.1) is 0 Å². The maximum atomic E-state index is 12.4. The number of amides is 1. The molecule has 0 bridgehead atoms. The molecular formula is C20H16N2O4S. The first-order valence-corrected chi connectivity index (χ1v) is 9.26. The summed E-state index contributed by atoms with van der Waals surface area (Å²) in [6.45, 7) is 2.56. The molecule has 0 unspecified atom stereocenters. The number of thiazole rings is 1. The van der Waals surface area contributed by atoms with E-state index in [4.69, 9.17) is 9.47 Å². The first-order chi connectivity index (χ1) is 13.1. The number of aromatic nitrogens is 1. The number of nitrogens with zero attached hydrogens (tertiary/aromatic N) is 1. The van der Waals surface area contributed by atoms with Crippen LogP contribution in [0.15, 0.2) is 47.8 Å². The average molecular weight is 380 g/mol. The number of carbonyl (C=O) groups excluding carboxylic acids is 2. The van der Waals surface area contributed by atoms with Crippen LogP contribution in [-0.4, -0.2) is 29.9 Å². The molecule has 1 aliphatic heterocycles. The number of ketones is 1. The van der Waals surface area contributed by atoms with E-state index in [1.165, 1.54) is 18.3 Å². The standard InChI is InChI=1S/C20H16N2O4S/c1-12(23)13-2-4-14(5-3-13)19(24)22-20-21-16(11-27-20)15-6-7-17-18(10-15)26-9-8-25-17/h2-7,10-11H,8-9H2,1H3,(H,21,22,24). The normalized spacial score (nSPS) is 12.5. The molecule has 0 saturated heterocycles. The van der Waals surface area contributed by atoms with Crippen LogP contribution in [0.25, 0.3) is 11.3 Å². The number of fused-ring (bicyclic) bond motifs is 1. The fraction of sp³-hybridized carbons (Fsp3) is 0.150. The van der Waals surface area contributed by atoms with Crippen molar-refractivity contribution in [2.24, 2.45) is 0 Å². The first-order valence-electron chi connectivity index (χ1n) is 8.38. The van der Waals surface area contributed by atoms with Gasteiger partial charge in [0.05, 0.1) is 5.69 Å². The van der Waals surface area contributed by atoms with E-state index >= 15 is 0 Å². The largest absolute Gasteiger partial charge is 0.486 e. The maximum Gasteiger partial charge on any atom is 0.257 e. The van der Waals surface area contributed by atoms with Crippen molar-refractivity contribution in [1.29, 1.82) is 0 Å². The first kappa shape index (κ1) is 17.2. The lowest BCUT2D eigenvalue weighted by Gasteiger charge is -2.18. The van der Waals surface area contributed by atoms with Crippen LogP contribution in [0.3, 0.4) is 0 Å². The SMILES string of the molecule is CC(=O)c1ccc(C(=O)Nc2nc(-c3ccc4c(c3)OCCO4)cs2)cc1. The van der Waals surface area contributed by atoms with Gasteiger partial charge in [0.25, 0.3) is 5.91 Å². The zero-order valence-electron chi connectivity index (χ0n) is 14.5. The Hall–Kier alpha value is -3.19. The summed E-state index contributed by atoms with van der Waals surface area (Å²) in [6.07, 6.45) is 0. The van der Waals surface area contributed by atoms with Crippen LogP contribution in [0.5, 0.6) is 11.5 Å². The van der Waals surface area contributed by atoms with Gasteiger partial charge in [-0.05, 0) is 37.3 Å².